The number of nitrogens with zero attached hydrogens (tertiary/aromatic N) is 3. The van der Waals surface area contributed by atoms with Crippen LogP contribution in [0.15, 0.2) is 30.6 Å². The SMILES string of the molecule is CO[C@H](C)[C@]12C[C@@H](C)C[C@H](C1)N2C(=O)Nc1ccc(C)c(-c2ncc(F)cn2)c1. The third-order valence-electron chi connectivity index (χ3n) is 6.49. The largest absolute Gasteiger partial charge is 0.379 e. The zero-order valence-electron chi connectivity index (χ0n) is 17.3. The normalized spacial score (nSPS) is 26.6. The van der Waals surface area contributed by atoms with Crippen molar-refractivity contribution in [1.82, 2.24) is 14.9 Å². The molecule has 154 valence electrons. The first kappa shape index (κ1) is 19.8. The minimum Gasteiger partial charge on any atom is -0.379 e. The Labute approximate surface area is 170 Å². The van der Waals surface area contributed by atoms with Crippen LogP contribution in [0.5, 0.6) is 0 Å². The lowest BCUT2D eigenvalue weighted by Crippen LogP contribution is -2.76. The lowest BCUT2D eigenvalue weighted by atomic mass is 9.62. The summed E-state index contributed by atoms with van der Waals surface area (Å²) < 4.78 is 18.8. The standard InChI is InChI=1S/C22H27FN4O2/c1-13-7-18-10-22(9-13,15(3)29-4)27(18)21(28)26-17-6-5-14(2)19(8-17)20-24-11-16(23)12-25-20/h5-6,8,11-13,15,18H,7,9-10H2,1-4H3,(H,26,28)/t13-,15+,18+,22-/m0/s1. The number of carbonyl (C=O) groups excluding carboxylic acids is 1. The molecular weight excluding hydrogens is 371 g/mol. The molecule has 7 heteroatoms. The Kier molecular flexibility index (Phi) is 5.02. The van der Waals surface area contributed by atoms with Crippen LogP contribution in [0.3, 0.4) is 0 Å². The molecule has 1 N–H and O–H groups in total. The van der Waals surface area contributed by atoms with E-state index in [4.69, 9.17) is 4.74 Å². The van der Waals surface area contributed by atoms with Crippen molar-refractivity contribution in [2.45, 2.75) is 57.7 Å². The second-order valence-corrected chi connectivity index (χ2v) is 8.44. The van der Waals surface area contributed by atoms with Gasteiger partial charge in [0.2, 0.25) is 0 Å². The van der Waals surface area contributed by atoms with Crippen LogP contribution >= 0.6 is 0 Å². The number of nitrogens with one attached hydrogen (secondary N) is 1. The maximum atomic E-state index is 13.2. The van der Waals surface area contributed by atoms with Gasteiger partial charge < -0.3 is 15.0 Å². The van der Waals surface area contributed by atoms with E-state index in [0.29, 0.717) is 17.4 Å². The summed E-state index contributed by atoms with van der Waals surface area (Å²) in [6.45, 7) is 6.22. The molecule has 2 bridgehead atoms. The van der Waals surface area contributed by atoms with E-state index in [0.717, 1.165) is 42.8 Å². The summed E-state index contributed by atoms with van der Waals surface area (Å²) >= 11 is 0. The smallest absolute Gasteiger partial charge is 0.322 e. The van der Waals surface area contributed by atoms with Gasteiger partial charge in [0.25, 0.3) is 0 Å². The van der Waals surface area contributed by atoms with Crippen LogP contribution < -0.4 is 5.32 Å². The highest BCUT2D eigenvalue weighted by atomic mass is 19.1. The van der Waals surface area contributed by atoms with Crippen molar-refractivity contribution >= 4 is 11.7 Å². The molecule has 2 heterocycles. The van der Waals surface area contributed by atoms with E-state index in [9.17, 15) is 9.18 Å². The number of aromatic nitrogens is 2. The third kappa shape index (κ3) is 3.37. The molecule has 1 aromatic heterocycles. The Morgan fingerprint density at radius 3 is 2.76 bits per heavy atom. The van der Waals surface area contributed by atoms with E-state index in [2.05, 4.69) is 22.2 Å². The first-order valence-corrected chi connectivity index (χ1v) is 10.1. The Balaban J connectivity index is 1.57. The zero-order chi connectivity index (χ0) is 20.8. The van der Waals surface area contributed by atoms with Gasteiger partial charge in [-0.1, -0.05) is 13.0 Å². The van der Waals surface area contributed by atoms with Gasteiger partial charge in [-0.05, 0) is 56.7 Å². The predicted octanol–water partition coefficient (Wildman–Crippen LogP) is 4.40. The zero-order valence-corrected chi connectivity index (χ0v) is 17.3. The Bertz CT molecular complexity index is 920. The average molecular weight is 398 g/mol. The molecule has 4 rings (SSSR count). The van der Waals surface area contributed by atoms with Gasteiger partial charge in [-0.2, -0.15) is 0 Å². The first-order valence-electron chi connectivity index (χ1n) is 10.1. The number of carbonyl (C=O) groups is 1. The van der Waals surface area contributed by atoms with Crippen LogP contribution in [0, 0.1) is 18.7 Å². The molecule has 1 aliphatic heterocycles. The second kappa shape index (κ2) is 7.37. The van der Waals surface area contributed by atoms with Gasteiger partial charge in [-0.3, -0.25) is 0 Å². The summed E-state index contributed by atoms with van der Waals surface area (Å²) in [5.41, 5.74) is 2.14. The van der Waals surface area contributed by atoms with Crippen LogP contribution in [-0.2, 0) is 4.74 Å². The van der Waals surface area contributed by atoms with Gasteiger partial charge in [0.15, 0.2) is 11.6 Å². The molecule has 2 aliphatic rings. The summed E-state index contributed by atoms with van der Waals surface area (Å²) in [6.07, 6.45) is 5.23. The van der Waals surface area contributed by atoms with Gasteiger partial charge in [0.1, 0.15) is 0 Å². The van der Waals surface area contributed by atoms with Gasteiger partial charge >= 0.3 is 6.03 Å². The molecule has 0 unspecified atom stereocenters. The number of rotatable bonds is 4. The monoisotopic (exact) mass is 398 g/mol. The minimum absolute atomic E-state index is 0.0200. The highest BCUT2D eigenvalue weighted by Crippen LogP contribution is 2.52. The molecule has 2 amide bonds. The topological polar surface area (TPSA) is 67.3 Å². The quantitative estimate of drug-likeness (QED) is 0.829. The summed E-state index contributed by atoms with van der Waals surface area (Å²) in [6, 6.07) is 5.76. The first-order chi connectivity index (χ1) is 13.8. The number of benzene rings is 1. The molecule has 0 spiro atoms. The number of ether oxygens (including phenoxy) is 1. The fourth-order valence-electron chi connectivity index (χ4n) is 5.06. The Morgan fingerprint density at radius 2 is 2.07 bits per heavy atom. The molecular formula is C22H27FN4O2. The predicted molar refractivity (Wildman–Crippen MR) is 109 cm³/mol. The van der Waals surface area contributed by atoms with Gasteiger partial charge in [0.05, 0.1) is 24.0 Å². The van der Waals surface area contributed by atoms with Crippen molar-refractivity contribution in [1.29, 1.82) is 0 Å². The third-order valence-corrected chi connectivity index (χ3v) is 6.49. The van der Waals surface area contributed by atoms with Crippen molar-refractivity contribution < 1.29 is 13.9 Å². The van der Waals surface area contributed by atoms with Crippen molar-refractivity contribution in [2.24, 2.45) is 5.92 Å². The van der Waals surface area contributed by atoms with Gasteiger partial charge in [0, 0.05) is 24.4 Å². The van der Waals surface area contributed by atoms with E-state index in [-0.39, 0.29) is 23.7 Å². The molecule has 1 aromatic carbocycles. The van der Waals surface area contributed by atoms with E-state index in [1.54, 1.807) is 7.11 Å². The summed E-state index contributed by atoms with van der Waals surface area (Å²) in [5.74, 6) is 0.531. The molecule has 2 fully saturated rings. The second-order valence-electron chi connectivity index (χ2n) is 8.44. The number of fused-ring (bicyclic) bond motifs is 2. The fourth-order valence-corrected chi connectivity index (χ4v) is 5.06. The van der Waals surface area contributed by atoms with Gasteiger partial charge in [-0.15, -0.1) is 0 Å². The number of hydrogen-bond donors (Lipinski definition) is 1. The maximum absolute atomic E-state index is 13.2. The van der Waals surface area contributed by atoms with E-state index in [1.165, 1.54) is 0 Å². The number of amides is 2. The van der Waals surface area contributed by atoms with Crippen LogP contribution in [-0.4, -0.2) is 45.7 Å². The highest BCUT2D eigenvalue weighted by molar-refractivity contribution is 5.92. The van der Waals surface area contributed by atoms with Gasteiger partial charge in [-0.25, -0.2) is 19.2 Å². The summed E-state index contributed by atoms with van der Waals surface area (Å²) in [5, 5.41) is 3.04. The number of hydrogen-bond acceptors (Lipinski definition) is 4. The van der Waals surface area contributed by atoms with Crippen molar-refractivity contribution in [2.75, 3.05) is 12.4 Å². The number of urea groups is 1. The lowest BCUT2D eigenvalue weighted by molar-refractivity contribution is -0.155. The number of aryl methyl sites for hydroxylation is 1. The molecule has 1 aliphatic carbocycles. The van der Waals surface area contributed by atoms with Crippen molar-refractivity contribution in [3.8, 4) is 11.4 Å². The number of methoxy groups -OCH3 is 1. The highest BCUT2D eigenvalue weighted by Gasteiger charge is 2.61. The van der Waals surface area contributed by atoms with E-state index in [1.807, 2.05) is 36.9 Å². The fraction of sp³-hybridized carbons (Fsp3) is 0.500. The maximum Gasteiger partial charge on any atom is 0.322 e. The molecule has 1 saturated carbocycles. The van der Waals surface area contributed by atoms with Crippen molar-refractivity contribution in [3.63, 3.8) is 0 Å². The summed E-state index contributed by atoms with van der Waals surface area (Å²) in [7, 11) is 1.71. The average Bonchev–Trinajstić information content (AvgIpc) is 2.68. The van der Waals surface area contributed by atoms with Crippen LogP contribution in [0.25, 0.3) is 11.4 Å². The minimum atomic E-state index is -0.480. The number of anilines is 1. The molecule has 1 saturated heterocycles. The molecule has 29 heavy (non-hydrogen) atoms. The number of halogens is 1. The molecule has 4 atom stereocenters. The van der Waals surface area contributed by atoms with Crippen molar-refractivity contribution in [3.05, 3.63) is 42.0 Å². The number of likely N-dealkylation sites (tertiary alicyclic amines) is 1. The van der Waals surface area contributed by atoms with Crippen LogP contribution in [0.2, 0.25) is 0 Å². The number of piperidine rings is 1. The van der Waals surface area contributed by atoms with E-state index >= 15 is 0 Å². The Hall–Kier alpha value is -2.54. The molecule has 0 radical (unpaired) electrons. The lowest BCUT2D eigenvalue weighted by Gasteiger charge is -2.65. The molecule has 6 nitrogen and oxygen atoms in total. The molecule has 2 aromatic rings. The van der Waals surface area contributed by atoms with Crippen LogP contribution in [0.4, 0.5) is 14.9 Å². The van der Waals surface area contributed by atoms with Crippen LogP contribution in [0.1, 0.15) is 38.7 Å². The summed E-state index contributed by atoms with van der Waals surface area (Å²) in [4.78, 5) is 23.3. The Morgan fingerprint density at radius 1 is 1.34 bits per heavy atom. The van der Waals surface area contributed by atoms with E-state index < -0.39 is 5.82 Å².